The molecule has 2 N–H and O–H groups in total. The molecule has 2 atom stereocenters. The fraction of sp³-hybridized carbons (Fsp3) is 1.00. The standard InChI is InChI=1S/C11H24N2O3S/c1-10(9-16-2)13-17(14,15)8-6-11-5-3-4-7-12-11/h10-13H,3-9H2,1-2H3. The van der Waals surface area contributed by atoms with E-state index in [-0.39, 0.29) is 11.8 Å². The Labute approximate surface area is 104 Å². The minimum atomic E-state index is -3.17. The maximum atomic E-state index is 11.8. The number of hydrogen-bond acceptors (Lipinski definition) is 4. The van der Waals surface area contributed by atoms with Gasteiger partial charge in [-0.05, 0) is 32.7 Å². The molecular formula is C11H24N2O3S. The van der Waals surface area contributed by atoms with Gasteiger partial charge < -0.3 is 10.1 Å². The molecule has 1 heterocycles. The Hall–Kier alpha value is -0.170. The lowest BCUT2D eigenvalue weighted by atomic mass is 10.0. The van der Waals surface area contributed by atoms with Crippen molar-refractivity contribution < 1.29 is 13.2 Å². The van der Waals surface area contributed by atoms with Crippen LogP contribution in [0.5, 0.6) is 0 Å². The van der Waals surface area contributed by atoms with Gasteiger partial charge in [0.15, 0.2) is 0 Å². The zero-order chi connectivity index (χ0) is 12.7. The van der Waals surface area contributed by atoms with E-state index in [1.54, 1.807) is 14.0 Å². The van der Waals surface area contributed by atoms with E-state index >= 15 is 0 Å². The number of sulfonamides is 1. The molecule has 6 heteroatoms. The van der Waals surface area contributed by atoms with Crippen LogP contribution in [0.25, 0.3) is 0 Å². The summed E-state index contributed by atoms with van der Waals surface area (Å²) < 4.78 is 31.0. The second kappa shape index (κ2) is 7.31. The van der Waals surface area contributed by atoms with Gasteiger partial charge in [0.1, 0.15) is 0 Å². The van der Waals surface area contributed by atoms with Crippen LogP contribution in [-0.4, -0.2) is 46.5 Å². The van der Waals surface area contributed by atoms with Crippen molar-refractivity contribution in [3.8, 4) is 0 Å². The molecule has 1 aliphatic rings. The smallest absolute Gasteiger partial charge is 0.211 e. The van der Waals surface area contributed by atoms with E-state index in [9.17, 15) is 8.42 Å². The summed E-state index contributed by atoms with van der Waals surface area (Å²) in [6.07, 6.45) is 4.18. The SMILES string of the molecule is COCC(C)NS(=O)(=O)CCC1CCCCN1. The Morgan fingerprint density at radius 3 is 2.82 bits per heavy atom. The van der Waals surface area contributed by atoms with Crippen molar-refractivity contribution in [2.24, 2.45) is 0 Å². The summed E-state index contributed by atoms with van der Waals surface area (Å²) >= 11 is 0. The fourth-order valence-electron chi connectivity index (χ4n) is 2.12. The molecule has 102 valence electrons. The molecule has 1 fully saturated rings. The van der Waals surface area contributed by atoms with Gasteiger partial charge in [0.25, 0.3) is 0 Å². The Kier molecular flexibility index (Phi) is 6.40. The van der Waals surface area contributed by atoms with E-state index in [0.717, 1.165) is 13.0 Å². The summed E-state index contributed by atoms with van der Waals surface area (Å²) in [7, 11) is -1.61. The Morgan fingerprint density at radius 1 is 1.47 bits per heavy atom. The molecule has 0 aromatic rings. The summed E-state index contributed by atoms with van der Waals surface area (Å²) in [5.41, 5.74) is 0. The maximum absolute atomic E-state index is 11.8. The molecule has 0 saturated carbocycles. The number of nitrogens with one attached hydrogen (secondary N) is 2. The highest BCUT2D eigenvalue weighted by molar-refractivity contribution is 7.89. The minimum absolute atomic E-state index is 0.163. The van der Waals surface area contributed by atoms with Crippen molar-refractivity contribution in [3.63, 3.8) is 0 Å². The van der Waals surface area contributed by atoms with E-state index in [1.165, 1.54) is 12.8 Å². The molecule has 1 saturated heterocycles. The van der Waals surface area contributed by atoms with Gasteiger partial charge in [0, 0.05) is 19.2 Å². The topological polar surface area (TPSA) is 67.4 Å². The quantitative estimate of drug-likeness (QED) is 0.701. The van der Waals surface area contributed by atoms with Crippen LogP contribution < -0.4 is 10.0 Å². The van der Waals surface area contributed by atoms with E-state index in [2.05, 4.69) is 10.0 Å². The lowest BCUT2D eigenvalue weighted by Gasteiger charge is -2.23. The van der Waals surface area contributed by atoms with Gasteiger partial charge in [-0.25, -0.2) is 13.1 Å². The minimum Gasteiger partial charge on any atom is -0.383 e. The molecule has 0 bridgehead atoms. The van der Waals surface area contributed by atoms with E-state index in [4.69, 9.17) is 4.74 Å². The number of piperidine rings is 1. The van der Waals surface area contributed by atoms with Crippen LogP contribution in [0.15, 0.2) is 0 Å². The molecule has 0 spiro atoms. The van der Waals surface area contributed by atoms with Crippen LogP contribution in [0.1, 0.15) is 32.6 Å². The zero-order valence-corrected chi connectivity index (χ0v) is 11.6. The van der Waals surface area contributed by atoms with Crippen LogP contribution >= 0.6 is 0 Å². The van der Waals surface area contributed by atoms with Crippen molar-refractivity contribution in [2.45, 2.75) is 44.7 Å². The average molecular weight is 264 g/mol. The van der Waals surface area contributed by atoms with Crippen LogP contribution in [-0.2, 0) is 14.8 Å². The summed E-state index contributed by atoms with van der Waals surface area (Å²) in [4.78, 5) is 0. The number of rotatable bonds is 7. The monoisotopic (exact) mass is 264 g/mol. The summed E-state index contributed by atoms with van der Waals surface area (Å²) in [6.45, 7) is 3.22. The predicted octanol–water partition coefficient (Wildman–Crippen LogP) is 0.473. The van der Waals surface area contributed by atoms with Crippen LogP contribution in [0.4, 0.5) is 0 Å². The van der Waals surface area contributed by atoms with Gasteiger partial charge in [-0.2, -0.15) is 0 Å². The first-order chi connectivity index (χ1) is 8.03. The first kappa shape index (κ1) is 14.9. The van der Waals surface area contributed by atoms with Gasteiger partial charge >= 0.3 is 0 Å². The molecule has 0 aromatic heterocycles. The molecule has 5 nitrogen and oxygen atoms in total. The lowest BCUT2D eigenvalue weighted by molar-refractivity contribution is 0.180. The number of methoxy groups -OCH3 is 1. The Morgan fingerprint density at radius 2 is 2.24 bits per heavy atom. The first-order valence-corrected chi connectivity index (χ1v) is 7.91. The average Bonchev–Trinajstić information content (AvgIpc) is 2.27. The molecule has 1 aliphatic heterocycles. The van der Waals surface area contributed by atoms with Crippen molar-refractivity contribution in [3.05, 3.63) is 0 Å². The van der Waals surface area contributed by atoms with E-state index < -0.39 is 10.0 Å². The Balaban J connectivity index is 2.28. The summed E-state index contributed by atoms with van der Waals surface area (Å²) in [5.74, 6) is 0.193. The number of ether oxygens (including phenoxy) is 1. The molecule has 0 aliphatic carbocycles. The second-order valence-electron chi connectivity index (χ2n) is 4.73. The largest absolute Gasteiger partial charge is 0.383 e. The van der Waals surface area contributed by atoms with Gasteiger partial charge in [-0.3, -0.25) is 0 Å². The second-order valence-corrected chi connectivity index (χ2v) is 6.60. The number of hydrogen-bond donors (Lipinski definition) is 2. The van der Waals surface area contributed by atoms with Crippen molar-refractivity contribution in [2.75, 3.05) is 26.0 Å². The summed E-state index contributed by atoms with van der Waals surface area (Å²) in [6, 6.07) is 0.197. The van der Waals surface area contributed by atoms with Crippen molar-refractivity contribution in [1.82, 2.24) is 10.0 Å². The van der Waals surface area contributed by atoms with Gasteiger partial charge in [-0.15, -0.1) is 0 Å². The first-order valence-electron chi connectivity index (χ1n) is 6.26. The third-order valence-corrected chi connectivity index (χ3v) is 4.48. The molecule has 0 radical (unpaired) electrons. The van der Waals surface area contributed by atoms with Crippen molar-refractivity contribution in [1.29, 1.82) is 0 Å². The van der Waals surface area contributed by atoms with E-state index in [0.29, 0.717) is 19.1 Å². The summed E-state index contributed by atoms with van der Waals surface area (Å²) in [5, 5.41) is 3.35. The van der Waals surface area contributed by atoms with E-state index in [1.807, 2.05) is 0 Å². The highest BCUT2D eigenvalue weighted by Gasteiger charge is 2.18. The fourth-order valence-corrected chi connectivity index (χ4v) is 3.51. The third kappa shape index (κ3) is 6.35. The normalized spacial score (nSPS) is 23.5. The lowest BCUT2D eigenvalue weighted by Crippen LogP contribution is -2.40. The van der Waals surface area contributed by atoms with Gasteiger partial charge in [-0.1, -0.05) is 6.42 Å². The molecule has 1 rings (SSSR count). The maximum Gasteiger partial charge on any atom is 0.211 e. The van der Waals surface area contributed by atoms with Crippen LogP contribution in [0.3, 0.4) is 0 Å². The highest BCUT2D eigenvalue weighted by Crippen LogP contribution is 2.10. The predicted molar refractivity (Wildman–Crippen MR) is 68.5 cm³/mol. The van der Waals surface area contributed by atoms with Crippen molar-refractivity contribution >= 4 is 10.0 Å². The van der Waals surface area contributed by atoms with Gasteiger partial charge in [0.05, 0.1) is 12.4 Å². The van der Waals surface area contributed by atoms with Crippen LogP contribution in [0.2, 0.25) is 0 Å². The Bertz CT molecular complexity index is 300. The molecule has 2 unspecified atom stereocenters. The zero-order valence-electron chi connectivity index (χ0n) is 10.7. The highest BCUT2D eigenvalue weighted by atomic mass is 32.2. The van der Waals surface area contributed by atoms with Crippen LogP contribution in [0, 0.1) is 0 Å². The third-order valence-electron chi connectivity index (χ3n) is 2.94. The molecule has 0 amide bonds. The molecule has 17 heavy (non-hydrogen) atoms. The molecule has 0 aromatic carbocycles. The molecular weight excluding hydrogens is 240 g/mol. The van der Waals surface area contributed by atoms with Gasteiger partial charge in [0.2, 0.25) is 10.0 Å².